The molecule has 1 N–H and O–H groups in total. The molecule has 0 spiro atoms. The van der Waals surface area contributed by atoms with E-state index in [1.165, 1.54) is 12.8 Å². The first kappa shape index (κ1) is 11.9. The monoisotopic (exact) mass is 255 g/mol. The molecular formula is C14H17N5. The molecule has 0 radical (unpaired) electrons. The van der Waals surface area contributed by atoms with E-state index in [4.69, 9.17) is 0 Å². The maximum atomic E-state index is 4.54. The Balaban J connectivity index is 1.86. The molecule has 19 heavy (non-hydrogen) atoms. The molecular weight excluding hydrogens is 238 g/mol. The lowest BCUT2D eigenvalue weighted by Gasteiger charge is -2.21. The van der Waals surface area contributed by atoms with Gasteiger partial charge in [-0.15, -0.1) is 5.10 Å². The summed E-state index contributed by atoms with van der Waals surface area (Å²) in [5.41, 5.74) is 1.11. The predicted molar refractivity (Wildman–Crippen MR) is 75.6 cm³/mol. The Morgan fingerprint density at radius 2 is 2.05 bits per heavy atom. The summed E-state index contributed by atoms with van der Waals surface area (Å²) in [7, 11) is 0. The van der Waals surface area contributed by atoms with Crippen molar-refractivity contribution >= 4 is 17.5 Å². The molecule has 0 saturated heterocycles. The van der Waals surface area contributed by atoms with E-state index in [-0.39, 0.29) is 0 Å². The van der Waals surface area contributed by atoms with Gasteiger partial charge in [0.05, 0.1) is 6.20 Å². The lowest BCUT2D eigenvalue weighted by molar-refractivity contribution is 0.904. The van der Waals surface area contributed by atoms with Crippen LogP contribution in [0, 0.1) is 0 Å². The van der Waals surface area contributed by atoms with Crippen LogP contribution in [0.25, 0.3) is 0 Å². The number of aromatic nitrogens is 3. The summed E-state index contributed by atoms with van der Waals surface area (Å²) in [5, 5.41) is 11.3. The molecule has 0 unspecified atom stereocenters. The van der Waals surface area contributed by atoms with Gasteiger partial charge in [-0.1, -0.05) is 18.2 Å². The van der Waals surface area contributed by atoms with Crippen LogP contribution >= 0.6 is 0 Å². The molecule has 0 amide bonds. The zero-order chi connectivity index (χ0) is 13.1. The summed E-state index contributed by atoms with van der Waals surface area (Å²) in [4.78, 5) is 6.66. The zero-order valence-electron chi connectivity index (χ0n) is 11.0. The second kappa shape index (κ2) is 5.22. The smallest absolute Gasteiger partial charge is 0.244 e. The van der Waals surface area contributed by atoms with Crippen LogP contribution in [0.2, 0.25) is 0 Å². The van der Waals surface area contributed by atoms with Crippen molar-refractivity contribution in [1.29, 1.82) is 0 Å². The topological polar surface area (TPSA) is 53.9 Å². The van der Waals surface area contributed by atoms with Gasteiger partial charge in [-0.05, 0) is 31.9 Å². The third kappa shape index (κ3) is 2.81. The van der Waals surface area contributed by atoms with Crippen LogP contribution in [0.5, 0.6) is 0 Å². The van der Waals surface area contributed by atoms with Crippen LogP contribution in [-0.4, -0.2) is 27.8 Å². The van der Waals surface area contributed by atoms with Gasteiger partial charge >= 0.3 is 0 Å². The SMILES string of the molecule is CCN(c1ccccc1)c1cnnc(NC2CC2)n1. The molecule has 5 heteroatoms. The van der Waals surface area contributed by atoms with Crippen LogP contribution in [-0.2, 0) is 0 Å². The second-order valence-electron chi connectivity index (χ2n) is 4.64. The highest BCUT2D eigenvalue weighted by Crippen LogP contribution is 2.25. The standard InChI is InChI=1S/C14H17N5/c1-2-19(12-6-4-3-5-7-12)13-10-15-18-14(17-13)16-11-8-9-11/h3-7,10-11H,2,8-9H2,1H3,(H,16,17,18). The predicted octanol–water partition coefficient (Wildman–Crippen LogP) is 2.60. The molecule has 0 atom stereocenters. The first-order valence-electron chi connectivity index (χ1n) is 6.65. The van der Waals surface area contributed by atoms with Crippen molar-refractivity contribution in [1.82, 2.24) is 15.2 Å². The van der Waals surface area contributed by atoms with Crippen LogP contribution in [0.1, 0.15) is 19.8 Å². The van der Waals surface area contributed by atoms with Gasteiger partial charge in [0.1, 0.15) is 0 Å². The maximum absolute atomic E-state index is 4.54. The van der Waals surface area contributed by atoms with Crippen LogP contribution in [0.4, 0.5) is 17.5 Å². The Morgan fingerprint density at radius 1 is 1.26 bits per heavy atom. The van der Waals surface area contributed by atoms with E-state index in [0.29, 0.717) is 12.0 Å². The van der Waals surface area contributed by atoms with E-state index in [1.54, 1.807) is 6.20 Å². The number of nitrogens with zero attached hydrogens (tertiary/aromatic N) is 4. The molecule has 5 nitrogen and oxygen atoms in total. The molecule has 98 valence electrons. The molecule has 0 aliphatic heterocycles. The van der Waals surface area contributed by atoms with Crippen molar-refractivity contribution in [3.63, 3.8) is 0 Å². The molecule has 1 saturated carbocycles. The second-order valence-corrected chi connectivity index (χ2v) is 4.64. The summed E-state index contributed by atoms with van der Waals surface area (Å²) in [5.74, 6) is 1.45. The molecule has 2 aromatic rings. The fraction of sp³-hybridized carbons (Fsp3) is 0.357. The number of anilines is 3. The third-order valence-corrected chi connectivity index (χ3v) is 3.12. The summed E-state index contributed by atoms with van der Waals surface area (Å²) in [6, 6.07) is 10.7. The summed E-state index contributed by atoms with van der Waals surface area (Å²) in [6.45, 7) is 2.94. The first-order chi connectivity index (χ1) is 9.36. The van der Waals surface area contributed by atoms with E-state index in [2.05, 4.69) is 44.5 Å². The van der Waals surface area contributed by atoms with Gasteiger partial charge in [0, 0.05) is 18.3 Å². The lowest BCUT2D eigenvalue weighted by atomic mass is 10.3. The van der Waals surface area contributed by atoms with Crippen LogP contribution in [0.15, 0.2) is 36.5 Å². The minimum atomic E-state index is 0.531. The van der Waals surface area contributed by atoms with Crippen molar-refractivity contribution in [2.75, 3.05) is 16.8 Å². The molecule has 3 rings (SSSR count). The van der Waals surface area contributed by atoms with Crippen molar-refractivity contribution in [2.24, 2.45) is 0 Å². The van der Waals surface area contributed by atoms with Crippen molar-refractivity contribution in [3.8, 4) is 0 Å². The Hall–Kier alpha value is -2.17. The Bertz CT molecular complexity index is 539. The Morgan fingerprint density at radius 3 is 2.74 bits per heavy atom. The van der Waals surface area contributed by atoms with Crippen LogP contribution < -0.4 is 10.2 Å². The number of nitrogens with one attached hydrogen (secondary N) is 1. The normalized spacial score (nSPS) is 14.2. The molecule has 1 aromatic carbocycles. The van der Waals surface area contributed by atoms with Gasteiger partial charge in [0.15, 0.2) is 5.82 Å². The van der Waals surface area contributed by atoms with E-state index >= 15 is 0 Å². The van der Waals surface area contributed by atoms with E-state index in [0.717, 1.165) is 18.1 Å². The minimum absolute atomic E-state index is 0.531. The van der Waals surface area contributed by atoms with Gasteiger partial charge in [-0.3, -0.25) is 0 Å². The fourth-order valence-corrected chi connectivity index (χ4v) is 1.98. The Kier molecular flexibility index (Phi) is 3.27. The van der Waals surface area contributed by atoms with E-state index < -0.39 is 0 Å². The zero-order valence-corrected chi connectivity index (χ0v) is 11.0. The summed E-state index contributed by atoms with van der Waals surface area (Å²) < 4.78 is 0. The quantitative estimate of drug-likeness (QED) is 0.890. The molecule has 0 bridgehead atoms. The van der Waals surface area contributed by atoms with Crippen LogP contribution in [0.3, 0.4) is 0 Å². The van der Waals surface area contributed by atoms with Gasteiger partial charge in [0.2, 0.25) is 5.95 Å². The Labute approximate surface area is 112 Å². The first-order valence-corrected chi connectivity index (χ1v) is 6.65. The van der Waals surface area contributed by atoms with E-state index in [9.17, 15) is 0 Å². The van der Waals surface area contributed by atoms with Gasteiger partial charge < -0.3 is 10.2 Å². The molecule has 1 heterocycles. The average molecular weight is 255 g/mol. The van der Waals surface area contributed by atoms with Crippen molar-refractivity contribution < 1.29 is 0 Å². The third-order valence-electron chi connectivity index (χ3n) is 3.12. The average Bonchev–Trinajstić information content (AvgIpc) is 3.25. The van der Waals surface area contributed by atoms with Gasteiger partial charge in [0.25, 0.3) is 0 Å². The number of para-hydroxylation sites is 1. The largest absolute Gasteiger partial charge is 0.350 e. The maximum Gasteiger partial charge on any atom is 0.244 e. The molecule has 1 aliphatic rings. The molecule has 1 fully saturated rings. The number of hydrogen-bond acceptors (Lipinski definition) is 5. The number of benzene rings is 1. The van der Waals surface area contributed by atoms with Gasteiger partial charge in [-0.25, -0.2) is 0 Å². The van der Waals surface area contributed by atoms with Crippen molar-refractivity contribution in [2.45, 2.75) is 25.8 Å². The van der Waals surface area contributed by atoms with Crippen molar-refractivity contribution in [3.05, 3.63) is 36.5 Å². The fourth-order valence-electron chi connectivity index (χ4n) is 1.98. The van der Waals surface area contributed by atoms with E-state index in [1.807, 2.05) is 18.2 Å². The minimum Gasteiger partial charge on any atom is -0.350 e. The molecule has 1 aliphatic carbocycles. The number of rotatable bonds is 5. The van der Waals surface area contributed by atoms with Gasteiger partial charge in [-0.2, -0.15) is 10.1 Å². The highest BCUT2D eigenvalue weighted by molar-refractivity contribution is 5.59. The number of hydrogen-bond donors (Lipinski definition) is 1. The highest BCUT2D eigenvalue weighted by Gasteiger charge is 2.22. The summed E-state index contributed by atoms with van der Waals surface area (Å²) >= 11 is 0. The molecule has 1 aromatic heterocycles. The summed E-state index contributed by atoms with van der Waals surface area (Å²) in [6.07, 6.45) is 4.10. The lowest BCUT2D eigenvalue weighted by Crippen LogP contribution is -2.19. The highest BCUT2D eigenvalue weighted by atomic mass is 15.3.